The van der Waals surface area contributed by atoms with E-state index in [4.69, 9.17) is 16.7 Å². The maximum absolute atomic E-state index is 12.3. The quantitative estimate of drug-likeness (QED) is 0.824. The van der Waals surface area contributed by atoms with Crippen LogP contribution in [0.5, 0.6) is 0 Å². The highest BCUT2D eigenvalue weighted by atomic mass is 35.5. The van der Waals surface area contributed by atoms with Crippen molar-refractivity contribution in [2.75, 3.05) is 14.1 Å². The number of pyridine rings is 1. The molecule has 0 aliphatic rings. The molecule has 8 heteroatoms. The molecule has 6 nitrogen and oxygen atoms in total. The van der Waals surface area contributed by atoms with Gasteiger partial charge in [-0.15, -0.1) is 4.36 Å². The fourth-order valence-electron chi connectivity index (χ4n) is 0.971. The van der Waals surface area contributed by atoms with Gasteiger partial charge < -0.3 is 5.11 Å². The van der Waals surface area contributed by atoms with E-state index in [1.54, 1.807) is 0 Å². The van der Waals surface area contributed by atoms with Crippen LogP contribution in [0, 0.1) is 0 Å². The molecule has 0 bridgehead atoms. The van der Waals surface area contributed by atoms with Crippen molar-refractivity contribution in [2.24, 2.45) is 4.36 Å². The van der Waals surface area contributed by atoms with Crippen molar-refractivity contribution < 1.29 is 14.1 Å². The van der Waals surface area contributed by atoms with E-state index in [9.17, 15) is 9.00 Å². The van der Waals surface area contributed by atoms with Crippen molar-refractivity contribution in [3.8, 4) is 0 Å². The van der Waals surface area contributed by atoms with E-state index < -0.39 is 16.0 Å². The highest BCUT2D eigenvalue weighted by Gasteiger charge is 2.18. The van der Waals surface area contributed by atoms with Crippen LogP contribution in [0.15, 0.2) is 27.6 Å². The van der Waals surface area contributed by atoms with E-state index in [1.807, 2.05) is 0 Å². The predicted molar refractivity (Wildman–Crippen MR) is 59.8 cm³/mol. The second-order valence-electron chi connectivity index (χ2n) is 3.00. The summed E-state index contributed by atoms with van der Waals surface area (Å²) in [7, 11) is -0.212. The molecule has 88 valence electrons. The zero-order chi connectivity index (χ0) is 12.3. The van der Waals surface area contributed by atoms with E-state index in [-0.39, 0.29) is 10.0 Å². The normalized spacial score (nSPS) is 14.5. The average Bonchev–Trinajstić information content (AvgIpc) is 2.17. The van der Waals surface area contributed by atoms with E-state index in [0.29, 0.717) is 0 Å². The van der Waals surface area contributed by atoms with E-state index in [2.05, 4.69) is 9.35 Å². The second-order valence-corrected chi connectivity index (χ2v) is 5.76. The third-order valence-corrected chi connectivity index (χ3v) is 4.18. The van der Waals surface area contributed by atoms with Gasteiger partial charge in [0.2, 0.25) is 0 Å². The monoisotopic (exact) mass is 263 g/mol. The SMILES string of the molecule is CN(C)S(=O)(=NC(=O)O)c1ccc(Cl)nc1. The van der Waals surface area contributed by atoms with Gasteiger partial charge in [-0.1, -0.05) is 11.6 Å². The number of nitrogens with zero attached hydrogens (tertiary/aromatic N) is 3. The lowest BCUT2D eigenvalue weighted by molar-refractivity contribution is 0.206. The minimum Gasteiger partial charge on any atom is -0.463 e. The first-order valence-electron chi connectivity index (χ1n) is 4.15. The summed E-state index contributed by atoms with van der Waals surface area (Å²) >= 11 is 5.58. The number of rotatable bonds is 2. The van der Waals surface area contributed by atoms with E-state index in [0.717, 1.165) is 0 Å². The maximum atomic E-state index is 12.3. The van der Waals surface area contributed by atoms with Gasteiger partial charge >= 0.3 is 6.09 Å². The molecule has 16 heavy (non-hydrogen) atoms. The number of hydrogen-bond donors (Lipinski definition) is 1. The number of carbonyl (C=O) groups is 1. The predicted octanol–water partition coefficient (Wildman–Crippen LogP) is 1.72. The summed E-state index contributed by atoms with van der Waals surface area (Å²) in [6.07, 6.45) is -0.245. The molecule has 1 heterocycles. The van der Waals surface area contributed by atoms with Crippen LogP contribution < -0.4 is 0 Å². The molecule has 0 spiro atoms. The van der Waals surface area contributed by atoms with Gasteiger partial charge in [-0.3, -0.25) is 0 Å². The molecule has 1 N–H and O–H groups in total. The molecule has 0 fully saturated rings. The number of amides is 1. The Hall–Kier alpha value is -1.18. The van der Waals surface area contributed by atoms with Crippen LogP contribution in [0.3, 0.4) is 0 Å². The van der Waals surface area contributed by atoms with Crippen LogP contribution in [0.25, 0.3) is 0 Å². The Balaban J connectivity index is 3.40. The Morgan fingerprint density at radius 1 is 1.56 bits per heavy atom. The van der Waals surface area contributed by atoms with E-state index in [1.165, 1.54) is 36.7 Å². The molecule has 0 saturated heterocycles. The lowest BCUT2D eigenvalue weighted by Crippen LogP contribution is -2.23. The molecular weight excluding hydrogens is 254 g/mol. The van der Waals surface area contributed by atoms with Gasteiger partial charge in [0.05, 0.1) is 4.90 Å². The Morgan fingerprint density at radius 2 is 2.19 bits per heavy atom. The first kappa shape index (κ1) is 12.9. The van der Waals surface area contributed by atoms with Crippen LogP contribution in [-0.2, 0) is 9.92 Å². The number of carboxylic acid groups (broad SMARTS) is 1. The Kier molecular flexibility index (Phi) is 3.84. The maximum Gasteiger partial charge on any atom is 0.440 e. The summed E-state index contributed by atoms with van der Waals surface area (Å²) < 4.78 is 16.7. The fourth-order valence-corrected chi connectivity index (χ4v) is 2.42. The topological polar surface area (TPSA) is 82.9 Å². The molecule has 1 rings (SSSR count). The van der Waals surface area contributed by atoms with Crippen LogP contribution in [-0.4, -0.2) is 38.8 Å². The van der Waals surface area contributed by atoms with Crippen LogP contribution in [0.2, 0.25) is 5.15 Å². The van der Waals surface area contributed by atoms with Crippen molar-refractivity contribution in [3.05, 3.63) is 23.5 Å². The zero-order valence-corrected chi connectivity index (χ0v) is 10.2. The number of halogens is 1. The largest absolute Gasteiger partial charge is 0.463 e. The summed E-state index contributed by atoms with van der Waals surface area (Å²) in [6, 6.07) is 2.86. The zero-order valence-electron chi connectivity index (χ0n) is 8.62. The van der Waals surface area contributed by atoms with E-state index >= 15 is 0 Å². The molecule has 0 aromatic carbocycles. The molecular formula is C8H10ClN3O3S. The molecule has 0 radical (unpaired) electrons. The van der Waals surface area contributed by atoms with Crippen molar-refractivity contribution >= 4 is 27.6 Å². The highest BCUT2D eigenvalue weighted by molar-refractivity contribution is 7.91. The molecule has 1 amide bonds. The molecule has 0 saturated carbocycles. The minimum absolute atomic E-state index is 0.198. The summed E-state index contributed by atoms with van der Waals surface area (Å²) in [5, 5.41) is 8.83. The third-order valence-electron chi connectivity index (χ3n) is 1.70. The van der Waals surface area contributed by atoms with Gasteiger partial charge in [0, 0.05) is 20.3 Å². The second kappa shape index (κ2) is 4.77. The van der Waals surface area contributed by atoms with Crippen LogP contribution >= 0.6 is 11.6 Å². The van der Waals surface area contributed by atoms with Gasteiger partial charge in [0.25, 0.3) is 0 Å². The molecule has 1 unspecified atom stereocenters. The summed E-state index contributed by atoms with van der Waals surface area (Å²) in [5.41, 5.74) is 0. The Labute approximate surface area is 98.2 Å². The Morgan fingerprint density at radius 3 is 2.56 bits per heavy atom. The first-order valence-corrected chi connectivity index (χ1v) is 6.00. The number of aromatic nitrogens is 1. The van der Waals surface area contributed by atoms with Crippen molar-refractivity contribution in [3.63, 3.8) is 0 Å². The molecule has 1 aromatic rings. The van der Waals surface area contributed by atoms with Crippen molar-refractivity contribution in [1.29, 1.82) is 0 Å². The van der Waals surface area contributed by atoms with Gasteiger partial charge in [-0.2, -0.15) is 0 Å². The molecule has 1 atom stereocenters. The highest BCUT2D eigenvalue weighted by Crippen LogP contribution is 2.16. The van der Waals surface area contributed by atoms with Gasteiger partial charge in [0.15, 0.2) is 9.92 Å². The fraction of sp³-hybridized carbons (Fsp3) is 0.250. The van der Waals surface area contributed by atoms with Crippen molar-refractivity contribution in [2.45, 2.75) is 4.90 Å². The van der Waals surface area contributed by atoms with Gasteiger partial charge in [-0.05, 0) is 12.1 Å². The molecule has 1 aromatic heterocycles. The minimum atomic E-state index is -3.16. The summed E-state index contributed by atoms with van der Waals surface area (Å²) in [4.78, 5) is 14.5. The lowest BCUT2D eigenvalue weighted by atomic mass is 10.5. The van der Waals surface area contributed by atoms with Crippen molar-refractivity contribution in [1.82, 2.24) is 9.29 Å². The lowest BCUT2D eigenvalue weighted by Gasteiger charge is -2.15. The smallest absolute Gasteiger partial charge is 0.440 e. The number of hydrogen-bond acceptors (Lipinski definition) is 3. The molecule has 0 aliphatic heterocycles. The third kappa shape index (κ3) is 2.69. The van der Waals surface area contributed by atoms with Gasteiger partial charge in [0.1, 0.15) is 5.15 Å². The standard InChI is InChI=1S/C8H10ClN3O3S/c1-12(2)16(15,11-8(13)14)6-3-4-7(9)10-5-6/h3-5H,1-2H3,(H,13,14). The average molecular weight is 264 g/mol. The summed E-state index contributed by atoms with van der Waals surface area (Å²) in [5.74, 6) is 0. The molecule has 0 aliphatic carbocycles. The van der Waals surface area contributed by atoms with Crippen LogP contribution in [0.1, 0.15) is 0 Å². The first-order chi connectivity index (χ1) is 7.36. The Bertz CT molecular complexity index is 506. The summed E-state index contributed by atoms with van der Waals surface area (Å²) in [6.45, 7) is 0. The van der Waals surface area contributed by atoms with Crippen LogP contribution in [0.4, 0.5) is 4.79 Å². The van der Waals surface area contributed by atoms with Gasteiger partial charge in [-0.25, -0.2) is 18.3 Å².